The fourth-order valence-electron chi connectivity index (χ4n) is 7.95. The van der Waals surface area contributed by atoms with Crippen LogP contribution in [0.2, 0.25) is 0 Å². The van der Waals surface area contributed by atoms with Crippen LogP contribution in [0.3, 0.4) is 0 Å². The number of para-hydroxylation sites is 5. The van der Waals surface area contributed by atoms with Crippen LogP contribution >= 0.6 is 0 Å². The van der Waals surface area contributed by atoms with E-state index in [4.69, 9.17) is 15.0 Å². The van der Waals surface area contributed by atoms with Crippen molar-refractivity contribution in [3.05, 3.63) is 170 Å². The van der Waals surface area contributed by atoms with E-state index >= 15 is 0 Å². The Labute approximate surface area is 293 Å². The highest BCUT2D eigenvalue weighted by molar-refractivity contribution is 6.28. The second-order valence-electron chi connectivity index (χ2n) is 12.9. The summed E-state index contributed by atoms with van der Waals surface area (Å²) in [6.45, 7) is 0. The maximum Gasteiger partial charge on any atom is 0.238 e. The predicted molar refractivity (Wildman–Crippen MR) is 208 cm³/mol. The summed E-state index contributed by atoms with van der Waals surface area (Å²) in [5, 5.41) is 4.84. The van der Waals surface area contributed by atoms with Crippen molar-refractivity contribution in [1.82, 2.24) is 24.1 Å². The molecular formula is C45H28N6. The topological polar surface area (TPSA) is 51.8 Å². The van der Waals surface area contributed by atoms with Crippen LogP contribution in [0.5, 0.6) is 0 Å². The molecule has 7 aromatic carbocycles. The molecular weight excluding hydrogens is 625 g/mol. The molecule has 0 saturated heterocycles. The molecule has 0 N–H and O–H groups in total. The molecule has 6 nitrogen and oxygen atoms in total. The van der Waals surface area contributed by atoms with Crippen LogP contribution in [0, 0.1) is 0 Å². The third kappa shape index (κ3) is 4.01. The Kier molecular flexibility index (Phi) is 5.86. The molecule has 3 aromatic heterocycles. The van der Waals surface area contributed by atoms with Crippen molar-refractivity contribution in [3.63, 3.8) is 0 Å². The molecule has 10 aromatic rings. The van der Waals surface area contributed by atoms with Gasteiger partial charge in [0.1, 0.15) is 0 Å². The zero-order valence-electron chi connectivity index (χ0n) is 27.3. The van der Waals surface area contributed by atoms with Gasteiger partial charge in [-0.3, -0.25) is 4.90 Å². The second-order valence-corrected chi connectivity index (χ2v) is 12.9. The standard InChI is InChI=1S/C45H28N6/c1-4-15-29(16-5-1)43-46-44(30-17-6-2-7-18-30)48-45(47-43)50-36-24-12-13-25-37(36)51-41-32(22-14-26-39(41)50)33-27-28-38-40(42(33)51)34-21-10-11-23-35(34)49(38)31-19-8-3-9-20-31/h1-28H. The van der Waals surface area contributed by atoms with E-state index in [1.54, 1.807) is 0 Å². The van der Waals surface area contributed by atoms with Gasteiger partial charge in [-0.05, 0) is 42.5 Å². The van der Waals surface area contributed by atoms with Crippen LogP contribution in [0.25, 0.3) is 77.8 Å². The molecule has 0 atom stereocenters. The van der Waals surface area contributed by atoms with Gasteiger partial charge in [-0.1, -0.05) is 127 Å². The summed E-state index contributed by atoms with van der Waals surface area (Å²) < 4.78 is 4.85. The van der Waals surface area contributed by atoms with Gasteiger partial charge in [0.25, 0.3) is 0 Å². The maximum absolute atomic E-state index is 5.18. The molecule has 0 aliphatic carbocycles. The summed E-state index contributed by atoms with van der Waals surface area (Å²) in [6, 6.07) is 59.5. The first-order chi connectivity index (χ1) is 25.3. The smallest absolute Gasteiger partial charge is 0.238 e. The molecule has 4 heterocycles. The number of fused-ring (bicyclic) bond motifs is 9. The van der Waals surface area contributed by atoms with Crippen molar-refractivity contribution in [3.8, 4) is 34.2 Å². The summed E-state index contributed by atoms with van der Waals surface area (Å²) >= 11 is 0. The van der Waals surface area contributed by atoms with Crippen LogP contribution in [-0.4, -0.2) is 24.1 Å². The fourth-order valence-corrected chi connectivity index (χ4v) is 7.95. The molecule has 6 heteroatoms. The van der Waals surface area contributed by atoms with Gasteiger partial charge < -0.3 is 9.13 Å². The first-order valence-electron chi connectivity index (χ1n) is 17.1. The number of aromatic nitrogens is 5. The Hall–Kier alpha value is -7.05. The molecule has 0 unspecified atom stereocenters. The van der Waals surface area contributed by atoms with Crippen molar-refractivity contribution in [1.29, 1.82) is 0 Å². The Morgan fingerprint density at radius 1 is 0.353 bits per heavy atom. The number of nitrogens with zero attached hydrogens (tertiary/aromatic N) is 6. The van der Waals surface area contributed by atoms with E-state index in [0.717, 1.165) is 39.4 Å². The van der Waals surface area contributed by atoms with Gasteiger partial charge in [0.05, 0.1) is 39.1 Å². The molecule has 0 fully saturated rings. The van der Waals surface area contributed by atoms with E-state index in [1.807, 2.05) is 60.7 Å². The zero-order valence-corrected chi connectivity index (χ0v) is 27.3. The van der Waals surface area contributed by atoms with E-state index in [1.165, 1.54) is 38.1 Å². The van der Waals surface area contributed by atoms with Crippen LogP contribution in [-0.2, 0) is 0 Å². The lowest BCUT2D eigenvalue weighted by atomic mass is 10.1. The third-order valence-corrected chi connectivity index (χ3v) is 10.1. The second kappa shape index (κ2) is 10.7. The summed E-state index contributed by atoms with van der Waals surface area (Å²) in [5.41, 5.74) is 10.8. The summed E-state index contributed by atoms with van der Waals surface area (Å²) in [4.78, 5) is 17.6. The first-order valence-corrected chi connectivity index (χ1v) is 17.1. The molecule has 0 bridgehead atoms. The maximum atomic E-state index is 5.18. The van der Waals surface area contributed by atoms with Gasteiger partial charge in [-0.15, -0.1) is 0 Å². The summed E-state index contributed by atoms with van der Waals surface area (Å²) in [7, 11) is 0. The molecule has 0 spiro atoms. The highest BCUT2D eigenvalue weighted by Gasteiger charge is 2.32. The van der Waals surface area contributed by atoms with E-state index < -0.39 is 0 Å². The van der Waals surface area contributed by atoms with Crippen LogP contribution in [0.4, 0.5) is 17.3 Å². The van der Waals surface area contributed by atoms with Crippen molar-refractivity contribution in [2.45, 2.75) is 0 Å². The molecule has 0 amide bonds. The van der Waals surface area contributed by atoms with Crippen LogP contribution in [0.1, 0.15) is 0 Å². The average Bonchev–Trinajstić information content (AvgIpc) is 3.73. The molecule has 238 valence electrons. The lowest BCUT2D eigenvalue weighted by molar-refractivity contribution is 1.00. The number of hydrogen-bond acceptors (Lipinski definition) is 4. The molecule has 0 radical (unpaired) electrons. The van der Waals surface area contributed by atoms with Crippen molar-refractivity contribution in [2.24, 2.45) is 0 Å². The normalized spacial score (nSPS) is 12.3. The highest BCUT2D eigenvalue weighted by Crippen LogP contribution is 2.51. The fraction of sp³-hybridized carbons (Fsp3) is 0. The molecule has 1 aliphatic heterocycles. The average molecular weight is 653 g/mol. The number of hydrogen-bond donors (Lipinski definition) is 0. The minimum Gasteiger partial charge on any atom is -0.309 e. The van der Waals surface area contributed by atoms with Crippen LogP contribution in [0.15, 0.2) is 170 Å². The van der Waals surface area contributed by atoms with E-state index in [0.29, 0.717) is 17.6 Å². The lowest BCUT2D eigenvalue weighted by Gasteiger charge is -2.31. The van der Waals surface area contributed by atoms with Gasteiger partial charge in [-0.2, -0.15) is 9.97 Å². The zero-order chi connectivity index (χ0) is 33.5. The Morgan fingerprint density at radius 3 is 1.65 bits per heavy atom. The Bertz CT molecular complexity index is 2910. The van der Waals surface area contributed by atoms with E-state index in [2.05, 4.69) is 123 Å². The highest BCUT2D eigenvalue weighted by atomic mass is 15.3. The number of benzene rings is 7. The van der Waals surface area contributed by atoms with Crippen molar-refractivity contribution >= 4 is 60.9 Å². The third-order valence-electron chi connectivity index (χ3n) is 10.1. The molecule has 11 rings (SSSR count). The monoisotopic (exact) mass is 652 g/mol. The molecule has 0 saturated carbocycles. The minimum absolute atomic E-state index is 0.574. The molecule has 1 aliphatic rings. The predicted octanol–water partition coefficient (Wildman–Crippen LogP) is 11.2. The van der Waals surface area contributed by atoms with E-state index in [-0.39, 0.29) is 0 Å². The van der Waals surface area contributed by atoms with Crippen molar-refractivity contribution in [2.75, 3.05) is 4.90 Å². The first kappa shape index (κ1) is 27.9. The minimum atomic E-state index is 0.574. The summed E-state index contributed by atoms with van der Waals surface area (Å²) in [5.74, 6) is 1.83. The quantitative estimate of drug-likeness (QED) is 0.190. The summed E-state index contributed by atoms with van der Waals surface area (Å²) in [6.07, 6.45) is 0. The van der Waals surface area contributed by atoms with Crippen LogP contribution < -0.4 is 4.90 Å². The SMILES string of the molecule is c1ccc(-c2nc(-c3ccccc3)nc(N3c4ccccc4-n4c5c3cccc5c3ccc5c(c6ccccc6n5-c5ccccc5)c34)n2)cc1. The molecule has 51 heavy (non-hydrogen) atoms. The van der Waals surface area contributed by atoms with Gasteiger partial charge in [0, 0.05) is 38.4 Å². The Morgan fingerprint density at radius 2 is 0.922 bits per heavy atom. The van der Waals surface area contributed by atoms with E-state index in [9.17, 15) is 0 Å². The van der Waals surface area contributed by atoms with Crippen molar-refractivity contribution < 1.29 is 0 Å². The number of anilines is 3. The Balaban J connectivity index is 1.25. The lowest BCUT2D eigenvalue weighted by Crippen LogP contribution is -2.21. The van der Waals surface area contributed by atoms with Gasteiger partial charge >= 0.3 is 0 Å². The van der Waals surface area contributed by atoms with Gasteiger partial charge in [0.15, 0.2) is 11.6 Å². The van der Waals surface area contributed by atoms with Gasteiger partial charge in [0.2, 0.25) is 5.95 Å². The van der Waals surface area contributed by atoms with Gasteiger partial charge in [-0.25, -0.2) is 4.98 Å². The largest absolute Gasteiger partial charge is 0.309 e. The number of rotatable bonds is 4.